The van der Waals surface area contributed by atoms with E-state index in [0.717, 1.165) is 4.90 Å². The van der Waals surface area contributed by atoms with Crippen LogP contribution in [0.2, 0.25) is 5.02 Å². The van der Waals surface area contributed by atoms with Crippen molar-refractivity contribution in [2.24, 2.45) is 0 Å². The molecular weight excluding hydrogens is 338 g/mol. The fraction of sp³-hybridized carbons (Fsp3) is 0.0667. The molecule has 1 N–H and O–H groups in total. The Morgan fingerprint density at radius 3 is 2.67 bits per heavy atom. The highest BCUT2D eigenvalue weighted by atomic mass is 35.5. The van der Waals surface area contributed by atoms with Crippen LogP contribution in [-0.4, -0.2) is 28.8 Å². The van der Waals surface area contributed by atoms with Gasteiger partial charge in [-0.25, -0.2) is 4.79 Å². The van der Waals surface area contributed by atoms with Crippen molar-refractivity contribution in [1.29, 1.82) is 0 Å². The molecule has 2 aromatic rings. The standard InChI is InChI=1S/C15H10ClN3O5/c1-18-14(20)11(17-15(18)21)7-9-3-5-13(24-9)10-4-2-8(16)6-12(10)19(22)23/h2-7H,1H3,(H,17,21)/b11-7+. The first-order valence-corrected chi connectivity index (χ1v) is 7.09. The van der Waals surface area contributed by atoms with Gasteiger partial charge in [0.2, 0.25) is 0 Å². The Kier molecular flexibility index (Phi) is 3.82. The van der Waals surface area contributed by atoms with E-state index in [1.165, 1.54) is 37.4 Å². The first-order chi connectivity index (χ1) is 11.4. The zero-order valence-electron chi connectivity index (χ0n) is 12.3. The average molecular weight is 348 g/mol. The van der Waals surface area contributed by atoms with Crippen molar-refractivity contribution in [3.63, 3.8) is 0 Å². The molecular formula is C15H10ClN3O5. The summed E-state index contributed by atoms with van der Waals surface area (Å²) in [5.41, 5.74) is 0.128. The lowest BCUT2D eigenvalue weighted by molar-refractivity contribution is -0.384. The number of carbonyl (C=O) groups excluding carboxylic acids is 2. The molecule has 1 fully saturated rings. The monoisotopic (exact) mass is 347 g/mol. The molecule has 0 radical (unpaired) electrons. The van der Waals surface area contributed by atoms with E-state index < -0.39 is 16.9 Å². The summed E-state index contributed by atoms with van der Waals surface area (Å²) < 4.78 is 5.54. The molecule has 1 aromatic carbocycles. The first-order valence-electron chi connectivity index (χ1n) is 6.71. The van der Waals surface area contributed by atoms with Gasteiger partial charge in [0.05, 0.1) is 10.5 Å². The Balaban J connectivity index is 1.97. The molecule has 24 heavy (non-hydrogen) atoms. The maximum atomic E-state index is 11.8. The highest BCUT2D eigenvalue weighted by molar-refractivity contribution is 6.30. The van der Waals surface area contributed by atoms with Gasteiger partial charge in [-0.3, -0.25) is 19.8 Å². The zero-order valence-corrected chi connectivity index (χ0v) is 13.0. The molecule has 1 saturated heterocycles. The molecule has 8 nitrogen and oxygen atoms in total. The number of benzene rings is 1. The molecule has 3 amide bonds. The normalized spacial score (nSPS) is 15.9. The van der Waals surface area contributed by atoms with Gasteiger partial charge in [0, 0.05) is 24.2 Å². The summed E-state index contributed by atoms with van der Waals surface area (Å²) in [6.45, 7) is 0. The predicted octanol–water partition coefficient (Wildman–Crippen LogP) is 3.03. The first kappa shape index (κ1) is 15.8. The Hall–Kier alpha value is -3.13. The van der Waals surface area contributed by atoms with Crippen molar-refractivity contribution < 1.29 is 18.9 Å². The number of urea groups is 1. The van der Waals surface area contributed by atoms with Gasteiger partial charge in [-0.15, -0.1) is 0 Å². The number of carbonyl (C=O) groups is 2. The van der Waals surface area contributed by atoms with Crippen LogP contribution < -0.4 is 5.32 Å². The summed E-state index contributed by atoms with van der Waals surface area (Å²) >= 11 is 5.78. The van der Waals surface area contributed by atoms with E-state index >= 15 is 0 Å². The summed E-state index contributed by atoms with van der Waals surface area (Å²) in [5.74, 6) is 0.0268. The van der Waals surface area contributed by atoms with Crippen LogP contribution in [0.4, 0.5) is 10.5 Å². The van der Waals surface area contributed by atoms with Crippen LogP contribution in [0.3, 0.4) is 0 Å². The molecule has 3 rings (SSSR count). The van der Waals surface area contributed by atoms with Crippen molar-refractivity contribution in [2.45, 2.75) is 0 Å². The molecule has 0 aliphatic carbocycles. The maximum absolute atomic E-state index is 11.8. The largest absolute Gasteiger partial charge is 0.456 e. The molecule has 122 valence electrons. The number of hydrogen-bond acceptors (Lipinski definition) is 5. The van der Waals surface area contributed by atoms with Gasteiger partial charge in [-0.1, -0.05) is 11.6 Å². The van der Waals surface area contributed by atoms with Gasteiger partial charge in [0.1, 0.15) is 17.2 Å². The van der Waals surface area contributed by atoms with E-state index in [4.69, 9.17) is 16.0 Å². The van der Waals surface area contributed by atoms with E-state index in [9.17, 15) is 19.7 Å². The average Bonchev–Trinajstić information content (AvgIpc) is 3.09. The smallest absolute Gasteiger partial charge is 0.328 e. The van der Waals surface area contributed by atoms with Gasteiger partial charge < -0.3 is 9.73 Å². The second-order valence-corrected chi connectivity index (χ2v) is 5.41. The number of hydrogen-bond donors (Lipinski definition) is 1. The Morgan fingerprint density at radius 2 is 2.04 bits per heavy atom. The Bertz CT molecular complexity index is 902. The molecule has 0 spiro atoms. The van der Waals surface area contributed by atoms with Crippen LogP contribution in [0.5, 0.6) is 0 Å². The molecule has 2 heterocycles. The van der Waals surface area contributed by atoms with Crippen LogP contribution in [0, 0.1) is 10.1 Å². The third-order valence-electron chi connectivity index (χ3n) is 3.42. The third-order valence-corrected chi connectivity index (χ3v) is 3.65. The van der Waals surface area contributed by atoms with Gasteiger partial charge in [0.15, 0.2) is 0 Å². The number of halogens is 1. The number of amides is 3. The molecule has 1 aliphatic heterocycles. The fourth-order valence-electron chi connectivity index (χ4n) is 2.20. The Morgan fingerprint density at radius 1 is 1.29 bits per heavy atom. The van der Waals surface area contributed by atoms with Crippen LogP contribution >= 0.6 is 11.6 Å². The van der Waals surface area contributed by atoms with Crippen molar-refractivity contribution in [2.75, 3.05) is 7.05 Å². The minimum absolute atomic E-state index is 0.0639. The maximum Gasteiger partial charge on any atom is 0.328 e. The highest BCUT2D eigenvalue weighted by Gasteiger charge is 2.30. The minimum Gasteiger partial charge on any atom is -0.456 e. The third kappa shape index (κ3) is 2.74. The quantitative estimate of drug-likeness (QED) is 0.397. The number of nitrogens with one attached hydrogen (secondary N) is 1. The van der Waals surface area contributed by atoms with E-state index in [0.29, 0.717) is 0 Å². The number of nitrogens with zero attached hydrogens (tertiary/aromatic N) is 2. The van der Waals surface area contributed by atoms with Crippen molar-refractivity contribution in [1.82, 2.24) is 10.2 Å². The molecule has 1 aliphatic rings. The predicted molar refractivity (Wildman–Crippen MR) is 85.1 cm³/mol. The number of imide groups is 1. The summed E-state index contributed by atoms with van der Waals surface area (Å²) in [6, 6.07) is 6.76. The second-order valence-electron chi connectivity index (χ2n) is 4.97. The summed E-state index contributed by atoms with van der Waals surface area (Å²) in [4.78, 5) is 34.7. The fourth-order valence-corrected chi connectivity index (χ4v) is 2.37. The lowest BCUT2D eigenvalue weighted by atomic mass is 10.1. The number of rotatable bonds is 3. The van der Waals surface area contributed by atoms with Crippen LogP contribution in [0.15, 0.2) is 40.4 Å². The molecule has 0 saturated carbocycles. The molecule has 0 atom stereocenters. The number of nitro benzene ring substituents is 1. The van der Waals surface area contributed by atoms with Crippen LogP contribution in [-0.2, 0) is 4.79 Å². The van der Waals surface area contributed by atoms with Gasteiger partial charge in [-0.2, -0.15) is 0 Å². The van der Waals surface area contributed by atoms with Crippen LogP contribution in [0.1, 0.15) is 5.76 Å². The van der Waals surface area contributed by atoms with Crippen molar-refractivity contribution in [3.8, 4) is 11.3 Å². The highest BCUT2D eigenvalue weighted by Crippen LogP contribution is 2.33. The van der Waals surface area contributed by atoms with Crippen molar-refractivity contribution >= 4 is 35.3 Å². The van der Waals surface area contributed by atoms with Crippen molar-refractivity contribution in [3.05, 3.63) is 56.9 Å². The molecule has 9 heteroatoms. The lowest BCUT2D eigenvalue weighted by Gasteiger charge is -2.00. The topological polar surface area (TPSA) is 106 Å². The van der Waals surface area contributed by atoms with Gasteiger partial charge in [0.25, 0.3) is 11.6 Å². The summed E-state index contributed by atoms with van der Waals surface area (Å²) in [7, 11) is 1.35. The summed E-state index contributed by atoms with van der Waals surface area (Å²) in [6.07, 6.45) is 1.36. The van der Waals surface area contributed by atoms with E-state index in [1.54, 1.807) is 6.07 Å². The second kappa shape index (κ2) is 5.82. The number of likely N-dealkylation sites (N-methyl/N-ethyl adjacent to an activating group) is 1. The van der Waals surface area contributed by atoms with Crippen LogP contribution in [0.25, 0.3) is 17.4 Å². The minimum atomic E-state index is -0.558. The van der Waals surface area contributed by atoms with Gasteiger partial charge in [-0.05, 0) is 24.3 Å². The van der Waals surface area contributed by atoms with E-state index in [-0.39, 0.29) is 33.5 Å². The zero-order chi connectivity index (χ0) is 17.4. The number of furan rings is 1. The Labute approximate surface area is 140 Å². The molecule has 1 aromatic heterocycles. The molecule has 0 bridgehead atoms. The SMILES string of the molecule is CN1C(=O)N/C(=C/c2ccc(-c3ccc(Cl)cc3[N+](=O)[O-])o2)C1=O. The van der Waals surface area contributed by atoms with E-state index in [1.807, 2.05) is 0 Å². The summed E-state index contributed by atoms with van der Waals surface area (Å²) in [5, 5.41) is 13.8. The van der Waals surface area contributed by atoms with E-state index in [2.05, 4.69) is 5.32 Å². The number of nitro groups is 1. The lowest BCUT2D eigenvalue weighted by Crippen LogP contribution is -2.25. The van der Waals surface area contributed by atoms with Gasteiger partial charge >= 0.3 is 6.03 Å². The molecule has 0 unspecified atom stereocenters.